The molecule has 0 bridgehead atoms. The van der Waals surface area contributed by atoms with Gasteiger partial charge in [-0.15, -0.1) is 0 Å². The van der Waals surface area contributed by atoms with Crippen molar-refractivity contribution in [1.29, 1.82) is 0 Å². The van der Waals surface area contributed by atoms with Crippen molar-refractivity contribution in [3.8, 4) is 17.2 Å². The molecule has 0 aromatic heterocycles. The molecule has 0 radical (unpaired) electrons. The fraction of sp³-hybridized carbons (Fsp3) is 0.278. The Morgan fingerprint density at radius 1 is 1.04 bits per heavy atom. The molecule has 6 heteroatoms. The lowest BCUT2D eigenvalue weighted by Gasteiger charge is -2.14. The molecule has 0 saturated heterocycles. The summed E-state index contributed by atoms with van der Waals surface area (Å²) in [6, 6.07) is 9.63. The highest BCUT2D eigenvalue weighted by molar-refractivity contribution is 9.10. The Morgan fingerprint density at radius 2 is 1.71 bits per heavy atom. The highest BCUT2D eigenvalue weighted by Crippen LogP contribution is 2.34. The molecule has 0 fully saturated rings. The summed E-state index contributed by atoms with van der Waals surface area (Å²) < 4.78 is 17.6. The molecule has 0 saturated carbocycles. The highest BCUT2D eigenvalue weighted by Gasteiger charge is 2.12. The van der Waals surface area contributed by atoms with Gasteiger partial charge < -0.3 is 19.4 Å². The van der Waals surface area contributed by atoms with Gasteiger partial charge in [0.05, 0.1) is 13.3 Å². The van der Waals surface area contributed by atoms with Crippen LogP contribution in [0, 0.1) is 13.8 Å². The molecule has 0 aliphatic rings. The Balaban J connectivity index is 2.03. The predicted octanol–water partition coefficient (Wildman–Crippen LogP) is 4.34. The third kappa shape index (κ3) is 4.89. The minimum absolute atomic E-state index is 0.331. The summed E-state index contributed by atoms with van der Waals surface area (Å²) in [5, 5.41) is 11.9. The van der Waals surface area contributed by atoms with Gasteiger partial charge in [-0.1, -0.05) is 27.2 Å². The zero-order valence-corrected chi connectivity index (χ0v) is 15.5. The van der Waals surface area contributed by atoms with Crippen LogP contribution in [-0.4, -0.2) is 31.7 Å². The third-order valence-electron chi connectivity index (χ3n) is 3.26. The van der Waals surface area contributed by atoms with Crippen LogP contribution in [0.15, 0.2) is 40.0 Å². The Morgan fingerprint density at radius 3 is 2.33 bits per heavy atom. The molecule has 2 aromatic rings. The van der Waals surface area contributed by atoms with Gasteiger partial charge in [0.1, 0.15) is 19.0 Å². The quantitative estimate of drug-likeness (QED) is 0.329. The Hall–Kier alpha value is -2.21. The van der Waals surface area contributed by atoms with E-state index in [1.807, 2.05) is 26.0 Å². The van der Waals surface area contributed by atoms with Crippen molar-refractivity contribution >= 4 is 22.1 Å². The molecule has 1 N–H and O–H groups in total. The van der Waals surface area contributed by atoms with Crippen LogP contribution in [0.25, 0.3) is 0 Å². The van der Waals surface area contributed by atoms with Gasteiger partial charge in [0, 0.05) is 10.0 Å². The van der Waals surface area contributed by atoms with Gasteiger partial charge in [0.25, 0.3) is 0 Å². The predicted molar refractivity (Wildman–Crippen MR) is 97.0 cm³/mol. The van der Waals surface area contributed by atoms with Crippen LogP contribution in [0.1, 0.15) is 16.7 Å². The number of oxime groups is 1. The van der Waals surface area contributed by atoms with Gasteiger partial charge in [-0.3, -0.25) is 0 Å². The average Bonchev–Trinajstić information content (AvgIpc) is 2.52. The summed E-state index contributed by atoms with van der Waals surface area (Å²) in [6.07, 6.45) is 1.30. The molecule has 0 spiro atoms. The first-order valence-electron chi connectivity index (χ1n) is 7.42. The van der Waals surface area contributed by atoms with Gasteiger partial charge >= 0.3 is 0 Å². The maximum absolute atomic E-state index is 8.80. The SMILES string of the molecule is COc1cc(Br)cc(C=NO)c1OCCOc1cc(C)cc(C)c1. The van der Waals surface area contributed by atoms with E-state index < -0.39 is 0 Å². The maximum Gasteiger partial charge on any atom is 0.170 e. The largest absolute Gasteiger partial charge is 0.493 e. The van der Waals surface area contributed by atoms with Gasteiger partial charge in [-0.2, -0.15) is 0 Å². The molecule has 2 aromatic carbocycles. The number of rotatable bonds is 7. The fourth-order valence-corrected chi connectivity index (χ4v) is 2.83. The van der Waals surface area contributed by atoms with Gasteiger partial charge in [-0.25, -0.2) is 0 Å². The number of nitrogens with zero attached hydrogens (tertiary/aromatic N) is 1. The first-order chi connectivity index (χ1) is 11.5. The van der Waals surface area contributed by atoms with Crippen molar-refractivity contribution in [2.45, 2.75) is 13.8 Å². The lowest BCUT2D eigenvalue weighted by atomic mass is 10.1. The van der Waals surface area contributed by atoms with E-state index in [1.165, 1.54) is 6.21 Å². The molecule has 0 heterocycles. The summed E-state index contributed by atoms with van der Waals surface area (Å²) in [7, 11) is 1.56. The van der Waals surface area contributed by atoms with Crippen LogP contribution in [0.4, 0.5) is 0 Å². The number of hydrogen-bond acceptors (Lipinski definition) is 5. The molecular formula is C18H20BrNO4. The molecule has 0 aliphatic carbocycles. The van der Waals surface area contributed by atoms with Crippen LogP contribution in [0.5, 0.6) is 17.2 Å². The van der Waals surface area contributed by atoms with E-state index in [-0.39, 0.29) is 0 Å². The summed E-state index contributed by atoms with van der Waals surface area (Å²) in [5.41, 5.74) is 2.92. The van der Waals surface area contributed by atoms with E-state index in [0.29, 0.717) is 30.3 Å². The number of hydrogen-bond donors (Lipinski definition) is 1. The lowest BCUT2D eigenvalue weighted by molar-refractivity contribution is 0.211. The third-order valence-corrected chi connectivity index (χ3v) is 3.72. The summed E-state index contributed by atoms with van der Waals surface area (Å²) in [6.45, 7) is 4.78. The zero-order chi connectivity index (χ0) is 17.5. The maximum atomic E-state index is 8.80. The van der Waals surface area contributed by atoms with Crippen LogP contribution < -0.4 is 14.2 Å². The van der Waals surface area contributed by atoms with Gasteiger partial charge in [-0.05, 0) is 49.2 Å². The van der Waals surface area contributed by atoms with Gasteiger partial charge in [0.2, 0.25) is 0 Å². The first-order valence-corrected chi connectivity index (χ1v) is 8.21. The molecule has 0 amide bonds. The van der Waals surface area contributed by atoms with Crippen LogP contribution >= 0.6 is 15.9 Å². The number of ether oxygens (including phenoxy) is 3. The molecule has 2 rings (SSSR count). The Labute approximate surface area is 150 Å². The van der Waals surface area contributed by atoms with Crippen molar-refractivity contribution < 1.29 is 19.4 Å². The van der Waals surface area contributed by atoms with E-state index in [4.69, 9.17) is 19.4 Å². The minimum Gasteiger partial charge on any atom is -0.493 e. The number of halogens is 1. The standard InChI is InChI=1S/C18H20BrNO4/c1-12-6-13(2)8-16(7-12)23-4-5-24-18-14(11-20-21)9-15(19)10-17(18)22-3/h6-11,21H,4-5H2,1-3H3. The monoisotopic (exact) mass is 393 g/mol. The van der Waals surface area contributed by atoms with Gasteiger partial charge in [0.15, 0.2) is 11.5 Å². The molecule has 128 valence electrons. The number of methoxy groups -OCH3 is 1. The normalized spacial score (nSPS) is 10.8. The smallest absolute Gasteiger partial charge is 0.170 e. The second kappa shape index (κ2) is 8.59. The molecule has 24 heavy (non-hydrogen) atoms. The lowest BCUT2D eigenvalue weighted by Crippen LogP contribution is -2.11. The summed E-state index contributed by atoms with van der Waals surface area (Å²) in [5.74, 6) is 1.87. The van der Waals surface area contributed by atoms with Crippen LogP contribution in [0.2, 0.25) is 0 Å². The van der Waals surface area contributed by atoms with Crippen molar-refractivity contribution in [2.24, 2.45) is 5.16 Å². The molecule has 5 nitrogen and oxygen atoms in total. The first kappa shape index (κ1) is 18.1. The van der Waals surface area contributed by atoms with Crippen molar-refractivity contribution in [3.05, 3.63) is 51.5 Å². The molecule has 0 atom stereocenters. The van der Waals surface area contributed by atoms with Crippen molar-refractivity contribution in [3.63, 3.8) is 0 Å². The van der Waals surface area contributed by atoms with E-state index in [9.17, 15) is 0 Å². The Kier molecular flexibility index (Phi) is 6.49. The van der Waals surface area contributed by atoms with Crippen molar-refractivity contribution in [2.75, 3.05) is 20.3 Å². The molecule has 0 aliphatic heterocycles. The summed E-state index contributed by atoms with van der Waals surface area (Å²) in [4.78, 5) is 0. The highest BCUT2D eigenvalue weighted by atomic mass is 79.9. The zero-order valence-electron chi connectivity index (χ0n) is 13.9. The van der Waals surface area contributed by atoms with Crippen LogP contribution in [0.3, 0.4) is 0 Å². The van der Waals surface area contributed by atoms with Crippen LogP contribution in [-0.2, 0) is 0 Å². The fourth-order valence-electron chi connectivity index (χ4n) is 2.37. The van der Waals surface area contributed by atoms with Crippen molar-refractivity contribution in [1.82, 2.24) is 0 Å². The summed E-state index contributed by atoms with van der Waals surface area (Å²) >= 11 is 3.38. The average molecular weight is 394 g/mol. The van der Waals surface area contributed by atoms with E-state index in [2.05, 4.69) is 27.2 Å². The second-order valence-corrected chi connectivity index (χ2v) is 6.21. The second-order valence-electron chi connectivity index (χ2n) is 5.29. The minimum atomic E-state index is 0.331. The molecular weight excluding hydrogens is 374 g/mol. The molecule has 0 unspecified atom stereocenters. The van der Waals surface area contributed by atoms with E-state index in [0.717, 1.165) is 21.3 Å². The topological polar surface area (TPSA) is 60.3 Å². The van der Waals surface area contributed by atoms with E-state index >= 15 is 0 Å². The number of aryl methyl sites for hydroxylation is 2. The Bertz CT molecular complexity index is 711. The van der Waals surface area contributed by atoms with E-state index in [1.54, 1.807) is 19.2 Å². The number of benzene rings is 2.